The summed E-state index contributed by atoms with van der Waals surface area (Å²) in [5, 5.41) is 13.7. The highest BCUT2D eigenvalue weighted by Gasteiger charge is 2.22. The van der Waals surface area contributed by atoms with Crippen LogP contribution in [0.25, 0.3) is 11.5 Å². The molecule has 1 unspecified atom stereocenters. The second-order valence-corrected chi connectivity index (χ2v) is 5.08. The number of benzene rings is 1. The van der Waals surface area contributed by atoms with Crippen LogP contribution in [0, 0.1) is 12.8 Å². The molecule has 0 bridgehead atoms. The minimum Gasteiger partial charge on any atom is -0.508 e. The van der Waals surface area contributed by atoms with Gasteiger partial charge < -0.3 is 14.4 Å². The summed E-state index contributed by atoms with van der Waals surface area (Å²) in [6.45, 7) is 8.47. The smallest absolute Gasteiger partial charge is 0.258 e. The third-order valence-corrected chi connectivity index (χ3v) is 3.10. The summed E-state index contributed by atoms with van der Waals surface area (Å²) in [7, 11) is 0. The van der Waals surface area contributed by atoms with Gasteiger partial charge in [-0.15, -0.1) is 0 Å². The molecule has 2 rings (SSSR count). The molecule has 0 saturated heterocycles. The van der Waals surface area contributed by atoms with Crippen LogP contribution in [0.15, 0.2) is 22.7 Å². The predicted molar refractivity (Wildman–Crippen MR) is 75.3 cm³/mol. The van der Waals surface area contributed by atoms with E-state index in [0.29, 0.717) is 23.9 Å². The maximum absolute atomic E-state index is 9.74. The first-order chi connectivity index (χ1) is 9.52. The summed E-state index contributed by atoms with van der Waals surface area (Å²) in [6, 6.07) is 5.28. The van der Waals surface area contributed by atoms with Crippen molar-refractivity contribution in [3.63, 3.8) is 0 Å². The molecular weight excluding hydrogens is 256 g/mol. The lowest BCUT2D eigenvalue weighted by Gasteiger charge is -2.16. The molecule has 1 N–H and O–H groups in total. The molecule has 1 aromatic heterocycles. The lowest BCUT2D eigenvalue weighted by molar-refractivity contribution is 0.0217. The van der Waals surface area contributed by atoms with Crippen molar-refractivity contribution >= 4 is 0 Å². The summed E-state index contributed by atoms with van der Waals surface area (Å²) in [6.07, 6.45) is -0.184. The van der Waals surface area contributed by atoms with Crippen LogP contribution in [-0.4, -0.2) is 21.9 Å². The highest BCUT2D eigenvalue weighted by Crippen LogP contribution is 2.28. The van der Waals surface area contributed by atoms with Gasteiger partial charge in [0.1, 0.15) is 11.9 Å². The number of nitrogens with zero attached hydrogens (tertiary/aromatic N) is 2. The Morgan fingerprint density at radius 2 is 2.10 bits per heavy atom. The SMILES string of the molecule is CCOC(c1noc(-c2ccc(C)c(O)c2)n1)C(C)C. The van der Waals surface area contributed by atoms with Gasteiger partial charge in [-0.1, -0.05) is 25.1 Å². The van der Waals surface area contributed by atoms with Gasteiger partial charge in [0.2, 0.25) is 5.82 Å². The van der Waals surface area contributed by atoms with E-state index >= 15 is 0 Å². The molecule has 108 valence electrons. The van der Waals surface area contributed by atoms with E-state index in [0.717, 1.165) is 5.56 Å². The molecule has 0 fully saturated rings. The highest BCUT2D eigenvalue weighted by atomic mass is 16.5. The van der Waals surface area contributed by atoms with E-state index in [1.807, 2.05) is 39.8 Å². The van der Waals surface area contributed by atoms with Gasteiger partial charge in [-0.25, -0.2) is 0 Å². The van der Waals surface area contributed by atoms with Crippen molar-refractivity contribution in [2.75, 3.05) is 6.61 Å². The van der Waals surface area contributed by atoms with Gasteiger partial charge in [-0.3, -0.25) is 0 Å². The fraction of sp³-hybridized carbons (Fsp3) is 0.467. The van der Waals surface area contributed by atoms with Crippen molar-refractivity contribution in [3.8, 4) is 17.2 Å². The number of ether oxygens (including phenoxy) is 1. The van der Waals surface area contributed by atoms with E-state index in [9.17, 15) is 5.11 Å². The molecule has 1 heterocycles. The van der Waals surface area contributed by atoms with Crippen LogP contribution in [0.3, 0.4) is 0 Å². The van der Waals surface area contributed by atoms with E-state index in [-0.39, 0.29) is 17.8 Å². The molecule has 1 atom stereocenters. The van der Waals surface area contributed by atoms with Crippen molar-refractivity contribution in [3.05, 3.63) is 29.6 Å². The summed E-state index contributed by atoms with van der Waals surface area (Å²) in [5.74, 6) is 1.40. The van der Waals surface area contributed by atoms with Crippen LogP contribution < -0.4 is 0 Å². The van der Waals surface area contributed by atoms with Crippen molar-refractivity contribution in [2.45, 2.75) is 33.8 Å². The molecule has 0 amide bonds. The molecule has 5 heteroatoms. The van der Waals surface area contributed by atoms with Gasteiger partial charge in [0.15, 0.2) is 0 Å². The number of hydrogen-bond donors (Lipinski definition) is 1. The van der Waals surface area contributed by atoms with Crippen LogP contribution in [-0.2, 0) is 4.74 Å². The number of aromatic hydroxyl groups is 1. The van der Waals surface area contributed by atoms with Crippen LogP contribution in [0.4, 0.5) is 0 Å². The van der Waals surface area contributed by atoms with Gasteiger partial charge in [0.05, 0.1) is 0 Å². The average molecular weight is 276 g/mol. The van der Waals surface area contributed by atoms with Crippen LogP contribution in [0.1, 0.15) is 38.3 Å². The quantitative estimate of drug-likeness (QED) is 0.905. The first kappa shape index (κ1) is 14.5. The van der Waals surface area contributed by atoms with E-state index in [2.05, 4.69) is 10.1 Å². The number of rotatable bonds is 5. The van der Waals surface area contributed by atoms with Crippen LogP contribution >= 0.6 is 0 Å². The summed E-state index contributed by atoms with van der Waals surface area (Å²) < 4.78 is 10.9. The van der Waals surface area contributed by atoms with Crippen molar-refractivity contribution < 1.29 is 14.4 Å². The largest absolute Gasteiger partial charge is 0.508 e. The molecule has 0 saturated carbocycles. The molecule has 5 nitrogen and oxygen atoms in total. The Hall–Kier alpha value is -1.88. The van der Waals surface area contributed by atoms with Crippen molar-refractivity contribution in [1.29, 1.82) is 0 Å². The zero-order valence-electron chi connectivity index (χ0n) is 12.3. The molecule has 0 aliphatic rings. The summed E-state index contributed by atoms with van der Waals surface area (Å²) in [4.78, 5) is 4.38. The summed E-state index contributed by atoms with van der Waals surface area (Å²) in [5.41, 5.74) is 1.51. The standard InChI is InChI=1S/C15H20N2O3/c1-5-19-13(9(2)3)14-16-15(20-17-14)11-7-6-10(4)12(18)8-11/h6-9,13,18H,5H2,1-4H3. The predicted octanol–water partition coefficient (Wildman–Crippen LogP) is 3.48. The Labute approximate surface area is 118 Å². The maximum atomic E-state index is 9.74. The van der Waals surface area contributed by atoms with Gasteiger partial charge >= 0.3 is 0 Å². The fourth-order valence-electron chi connectivity index (χ4n) is 1.95. The second kappa shape index (κ2) is 6.05. The molecule has 0 spiro atoms. The van der Waals surface area contributed by atoms with E-state index < -0.39 is 0 Å². The Morgan fingerprint density at radius 1 is 1.35 bits per heavy atom. The van der Waals surface area contributed by atoms with Gasteiger partial charge in [0, 0.05) is 12.2 Å². The number of aryl methyl sites for hydroxylation is 1. The molecule has 0 aliphatic heterocycles. The maximum Gasteiger partial charge on any atom is 0.258 e. The van der Waals surface area contributed by atoms with Gasteiger partial charge in [0.25, 0.3) is 5.89 Å². The molecule has 1 aromatic carbocycles. The average Bonchev–Trinajstić information content (AvgIpc) is 2.88. The molecule has 20 heavy (non-hydrogen) atoms. The minimum absolute atomic E-state index is 0.184. The zero-order valence-corrected chi connectivity index (χ0v) is 12.3. The topological polar surface area (TPSA) is 68.4 Å². The zero-order chi connectivity index (χ0) is 14.7. The Morgan fingerprint density at radius 3 is 2.70 bits per heavy atom. The normalized spacial score (nSPS) is 12.8. The van der Waals surface area contributed by atoms with Crippen molar-refractivity contribution in [2.24, 2.45) is 5.92 Å². The van der Waals surface area contributed by atoms with Gasteiger partial charge in [-0.2, -0.15) is 4.98 Å². The van der Waals surface area contributed by atoms with Crippen molar-refractivity contribution in [1.82, 2.24) is 10.1 Å². The number of hydrogen-bond acceptors (Lipinski definition) is 5. The lowest BCUT2D eigenvalue weighted by atomic mass is 10.1. The first-order valence-corrected chi connectivity index (χ1v) is 6.78. The first-order valence-electron chi connectivity index (χ1n) is 6.78. The molecule has 2 aromatic rings. The Balaban J connectivity index is 2.29. The molecule has 0 aliphatic carbocycles. The van der Waals surface area contributed by atoms with Gasteiger partial charge in [-0.05, 0) is 37.5 Å². The number of phenols is 1. The Bertz CT molecular complexity index is 578. The lowest BCUT2D eigenvalue weighted by Crippen LogP contribution is -2.12. The second-order valence-electron chi connectivity index (χ2n) is 5.08. The molecule has 0 radical (unpaired) electrons. The molecular formula is C15H20N2O3. The van der Waals surface area contributed by atoms with Crippen LogP contribution in [0.5, 0.6) is 5.75 Å². The number of aromatic nitrogens is 2. The van der Waals surface area contributed by atoms with Crippen LogP contribution in [0.2, 0.25) is 0 Å². The van der Waals surface area contributed by atoms with E-state index in [1.165, 1.54) is 0 Å². The minimum atomic E-state index is -0.184. The fourth-order valence-corrected chi connectivity index (χ4v) is 1.95. The third kappa shape index (κ3) is 2.99. The summed E-state index contributed by atoms with van der Waals surface area (Å²) >= 11 is 0. The monoisotopic (exact) mass is 276 g/mol. The Kier molecular flexibility index (Phi) is 4.39. The van der Waals surface area contributed by atoms with E-state index in [1.54, 1.807) is 6.07 Å². The third-order valence-electron chi connectivity index (χ3n) is 3.10. The number of phenolic OH excluding ortho intramolecular Hbond substituents is 1. The highest BCUT2D eigenvalue weighted by molar-refractivity contribution is 5.57. The van der Waals surface area contributed by atoms with E-state index in [4.69, 9.17) is 9.26 Å².